The quantitative estimate of drug-likeness (QED) is 0.820. The first-order valence-electron chi connectivity index (χ1n) is 6.79. The molecular formula is C16H14ClNO5S. The van der Waals surface area contributed by atoms with Gasteiger partial charge in [0.15, 0.2) is 16.4 Å². The van der Waals surface area contributed by atoms with Crippen molar-refractivity contribution < 1.29 is 22.7 Å². The van der Waals surface area contributed by atoms with Crippen molar-refractivity contribution in [2.24, 2.45) is 0 Å². The van der Waals surface area contributed by atoms with E-state index in [0.717, 1.165) is 6.26 Å². The Labute approximate surface area is 144 Å². The maximum Gasteiger partial charge on any atom is 0.339 e. The molecule has 0 aliphatic rings. The average molecular weight is 368 g/mol. The van der Waals surface area contributed by atoms with Crippen LogP contribution in [0.4, 0.5) is 5.69 Å². The Morgan fingerprint density at radius 3 is 2.50 bits per heavy atom. The van der Waals surface area contributed by atoms with Crippen LogP contribution in [0.25, 0.3) is 0 Å². The van der Waals surface area contributed by atoms with Gasteiger partial charge in [0.2, 0.25) is 0 Å². The molecule has 1 amide bonds. The van der Waals surface area contributed by atoms with E-state index in [0.29, 0.717) is 10.7 Å². The Hall–Kier alpha value is -2.38. The molecule has 0 unspecified atom stereocenters. The number of hydrogen-bond acceptors (Lipinski definition) is 5. The molecule has 6 nitrogen and oxygen atoms in total. The fraction of sp³-hybridized carbons (Fsp3) is 0.125. The molecule has 0 heterocycles. The first-order chi connectivity index (χ1) is 11.3. The number of esters is 1. The number of carbonyl (C=O) groups excluding carboxylic acids is 2. The Morgan fingerprint density at radius 2 is 1.83 bits per heavy atom. The van der Waals surface area contributed by atoms with Gasteiger partial charge in [-0.05, 0) is 30.3 Å². The molecule has 0 aromatic heterocycles. The third kappa shape index (κ3) is 4.81. The molecule has 126 valence electrons. The lowest BCUT2D eigenvalue weighted by Gasteiger charge is -2.09. The SMILES string of the molecule is CS(=O)(=O)c1ccccc1C(=O)OCC(=O)Nc1cccc(Cl)c1. The molecule has 0 saturated heterocycles. The van der Waals surface area contributed by atoms with Crippen molar-refractivity contribution in [2.75, 3.05) is 18.2 Å². The lowest BCUT2D eigenvalue weighted by atomic mass is 10.2. The molecule has 2 rings (SSSR count). The van der Waals surface area contributed by atoms with Gasteiger partial charge in [-0.3, -0.25) is 4.79 Å². The minimum absolute atomic E-state index is 0.115. The maximum absolute atomic E-state index is 12.0. The Kier molecular flexibility index (Phi) is 5.58. The van der Waals surface area contributed by atoms with E-state index in [2.05, 4.69) is 5.32 Å². The summed E-state index contributed by atoms with van der Waals surface area (Å²) in [6.45, 7) is -0.552. The molecular weight excluding hydrogens is 354 g/mol. The third-order valence-electron chi connectivity index (χ3n) is 2.95. The molecule has 1 N–H and O–H groups in total. The monoisotopic (exact) mass is 367 g/mol. The van der Waals surface area contributed by atoms with Crippen LogP contribution in [0.5, 0.6) is 0 Å². The summed E-state index contributed by atoms with van der Waals surface area (Å²) >= 11 is 5.80. The van der Waals surface area contributed by atoms with Gasteiger partial charge in [0, 0.05) is 17.0 Å². The standard InChI is InChI=1S/C16H14ClNO5S/c1-24(21,22)14-8-3-2-7-13(14)16(20)23-10-15(19)18-12-6-4-5-11(17)9-12/h2-9H,10H2,1H3,(H,18,19). The summed E-state index contributed by atoms with van der Waals surface area (Å²) in [5, 5.41) is 2.97. The van der Waals surface area contributed by atoms with Gasteiger partial charge >= 0.3 is 5.97 Å². The zero-order valence-corrected chi connectivity index (χ0v) is 14.2. The van der Waals surface area contributed by atoms with E-state index in [4.69, 9.17) is 16.3 Å². The summed E-state index contributed by atoms with van der Waals surface area (Å²) in [6.07, 6.45) is 0.991. The molecule has 2 aromatic rings. The first kappa shape index (κ1) is 18.0. The van der Waals surface area contributed by atoms with Gasteiger partial charge < -0.3 is 10.1 Å². The minimum Gasteiger partial charge on any atom is -0.452 e. The van der Waals surface area contributed by atoms with Gasteiger partial charge in [-0.25, -0.2) is 13.2 Å². The Morgan fingerprint density at radius 1 is 1.12 bits per heavy atom. The molecule has 24 heavy (non-hydrogen) atoms. The van der Waals surface area contributed by atoms with Crippen molar-refractivity contribution in [1.82, 2.24) is 0 Å². The molecule has 2 aromatic carbocycles. The van der Waals surface area contributed by atoms with Gasteiger partial charge in [0.25, 0.3) is 5.91 Å². The molecule has 0 atom stereocenters. The van der Waals surface area contributed by atoms with Crippen LogP contribution in [0, 0.1) is 0 Å². The largest absolute Gasteiger partial charge is 0.452 e. The van der Waals surface area contributed by atoms with Crippen LogP contribution in [0.2, 0.25) is 5.02 Å². The topological polar surface area (TPSA) is 89.5 Å². The van der Waals surface area contributed by atoms with Crippen LogP contribution in [0.3, 0.4) is 0 Å². The first-order valence-corrected chi connectivity index (χ1v) is 9.06. The van der Waals surface area contributed by atoms with Crippen LogP contribution in [0.15, 0.2) is 53.4 Å². The summed E-state index contributed by atoms with van der Waals surface area (Å²) in [6, 6.07) is 12.1. The number of carbonyl (C=O) groups is 2. The molecule has 0 aliphatic heterocycles. The fourth-order valence-electron chi connectivity index (χ4n) is 1.93. The second-order valence-corrected chi connectivity index (χ2v) is 7.32. The van der Waals surface area contributed by atoms with Gasteiger partial charge in [0.05, 0.1) is 10.5 Å². The lowest BCUT2D eigenvalue weighted by molar-refractivity contribution is -0.119. The zero-order valence-electron chi connectivity index (χ0n) is 12.7. The van der Waals surface area contributed by atoms with E-state index >= 15 is 0 Å². The van der Waals surface area contributed by atoms with E-state index < -0.39 is 28.3 Å². The van der Waals surface area contributed by atoms with Crippen LogP contribution in [0.1, 0.15) is 10.4 Å². The molecule has 0 saturated carbocycles. The van der Waals surface area contributed by atoms with Crippen molar-refractivity contribution in [2.45, 2.75) is 4.90 Å². The molecule has 0 radical (unpaired) electrons. The van der Waals surface area contributed by atoms with E-state index in [1.807, 2.05) is 0 Å². The number of anilines is 1. The van der Waals surface area contributed by atoms with Crippen molar-refractivity contribution in [3.05, 3.63) is 59.1 Å². The van der Waals surface area contributed by atoms with Crippen LogP contribution in [-0.4, -0.2) is 33.2 Å². The molecule has 8 heteroatoms. The summed E-state index contributed by atoms with van der Waals surface area (Å²) < 4.78 is 28.2. The number of halogens is 1. The van der Waals surface area contributed by atoms with Crippen molar-refractivity contribution in [3.63, 3.8) is 0 Å². The highest BCUT2D eigenvalue weighted by Crippen LogP contribution is 2.17. The molecule has 0 bridgehead atoms. The second kappa shape index (κ2) is 7.46. The molecule has 0 fully saturated rings. The molecule has 0 aliphatic carbocycles. The Bertz CT molecular complexity index is 880. The van der Waals surface area contributed by atoms with Crippen molar-refractivity contribution in [1.29, 1.82) is 0 Å². The summed E-state index contributed by atoms with van der Waals surface area (Å²) in [7, 11) is -3.59. The third-order valence-corrected chi connectivity index (χ3v) is 4.34. The van der Waals surface area contributed by atoms with E-state index in [1.54, 1.807) is 24.3 Å². The summed E-state index contributed by atoms with van der Waals surface area (Å²) in [4.78, 5) is 23.7. The van der Waals surface area contributed by atoms with Gasteiger partial charge in [-0.1, -0.05) is 29.8 Å². The van der Waals surface area contributed by atoms with Gasteiger partial charge in [-0.2, -0.15) is 0 Å². The summed E-state index contributed by atoms with van der Waals surface area (Å²) in [5.41, 5.74) is 0.343. The zero-order chi connectivity index (χ0) is 17.7. The van der Waals surface area contributed by atoms with Crippen LogP contribution in [-0.2, 0) is 19.4 Å². The number of rotatable bonds is 5. The van der Waals surface area contributed by atoms with E-state index in [-0.39, 0.29) is 10.5 Å². The van der Waals surface area contributed by atoms with Crippen LogP contribution >= 0.6 is 11.6 Å². The number of amides is 1. The molecule has 0 spiro atoms. The number of hydrogen-bond donors (Lipinski definition) is 1. The smallest absolute Gasteiger partial charge is 0.339 e. The minimum atomic E-state index is -3.59. The predicted octanol–water partition coefficient (Wildman–Crippen LogP) is 2.54. The fourth-order valence-corrected chi connectivity index (χ4v) is 3.00. The maximum atomic E-state index is 12.0. The predicted molar refractivity (Wildman–Crippen MR) is 89.9 cm³/mol. The highest BCUT2D eigenvalue weighted by atomic mass is 35.5. The lowest BCUT2D eigenvalue weighted by Crippen LogP contribution is -2.21. The highest BCUT2D eigenvalue weighted by Gasteiger charge is 2.20. The van der Waals surface area contributed by atoms with Crippen molar-refractivity contribution >= 4 is 39.0 Å². The number of sulfone groups is 1. The average Bonchev–Trinajstić information content (AvgIpc) is 2.52. The normalized spacial score (nSPS) is 10.9. The van der Waals surface area contributed by atoms with Gasteiger partial charge in [-0.15, -0.1) is 0 Å². The van der Waals surface area contributed by atoms with Crippen LogP contribution < -0.4 is 5.32 Å². The summed E-state index contributed by atoms with van der Waals surface area (Å²) in [5.74, 6) is -1.46. The second-order valence-electron chi connectivity index (χ2n) is 4.90. The Balaban J connectivity index is 2.02. The van der Waals surface area contributed by atoms with Crippen molar-refractivity contribution in [3.8, 4) is 0 Å². The number of nitrogens with one attached hydrogen (secondary N) is 1. The number of ether oxygens (including phenoxy) is 1. The van der Waals surface area contributed by atoms with E-state index in [9.17, 15) is 18.0 Å². The highest BCUT2D eigenvalue weighted by molar-refractivity contribution is 7.90. The van der Waals surface area contributed by atoms with Gasteiger partial charge in [0.1, 0.15) is 0 Å². The number of benzene rings is 2. The van der Waals surface area contributed by atoms with E-state index in [1.165, 1.54) is 24.3 Å².